The smallest absolute Gasteiger partial charge is 0.140 e. The van der Waals surface area contributed by atoms with Crippen molar-refractivity contribution < 1.29 is 5.21 Å². The Kier molecular flexibility index (Phi) is 3.54. The van der Waals surface area contributed by atoms with Crippen molar-refractivity contribution in [1.29, 1.82) is 0 Å². The normalized spacial score (nSPS) is 20.2. The van der Waals surface area contributed by atoms with E-state index in [2.05, 4.69) is 17.4 Å². The maximum Gasteiger partial charge on any atom is 0.140 e. The second kappa shape index (κ2) is 4.46. The summed E-state index contributed by atoms with van der Waals surface area (Å²) in [5.74, 6) is 0.300. The van der Waals surface area contributed by atoms with Gasteiger partial charge in [0.05, 0.1) is 0 Å². The van der Waals surface area contributed by atoms with Crippen LogP contribution in [0.15, 0.2) is 5.16 Å². The molecule has 1 aliphatic carbocycles. The molecule has 0 saturated heterocycles. The summed E-state index contributed by atoms with van der Waals surface area (Å²) in [4.78, 5) is 0. The molecule has 0 radical (unpaired) electrons. The van der Waals surface area contributed by atoms with E-state index >= 15 is 0 Å². The average molecular weight is 185 g/mol. The Balaban J connectivity index is 2.01. The number of hydrogen-bond donors (Lipinski definition) is 3. The molecule has 1 aliphatic rings. The number of nitrogens with zero attached hydrogens (tertiary/aromatic N) is 1. The summed E-state index contributed by atoms with van der Waals surface area (Å²) in [6.07, 6.45) is 4.57. The number of hydrogen-bond acceptors (Lipinski definition) is 3. The first-order chi connectivity index (χ1) is 6.22. The quantitative estimate of drug-likeness (QED) is 0.189. The molecule has 0 aromatic rings. The molecule has 1 saturated carbocycles. The molecule has 0 bridgehead atoms. The van der Waals surface area contributed by atoms with E-state index < -0.39 is 0 Å². The van der Waals surface area contributed by atoms with Crippen LogP contribution in [0.1, 0.15) is 32.6 Å². The highest BCUT2D eigenvalue weighted by Crippen LogP contribution is 2.47. The fourth-order valence-corrected chi connectivity index (χ4v) is 1.45. The zero-order valence-corrected chi connectivity index (χ0v) is 8.21. The zero-order valence-electron chi connectivity index (χ0n) is 8.21. The van der Waals surface area contributed by atoms with Crippen LogP contribution in [0.4, 0.5) is 0 Å². The summed E-state index contributed by atoms with van der Waals surface area (Å²) in [5, 5.41) is 14.5. The second-order valence-corrected chi connectivity index (χ2v) is 3.87. The van der Waals surface area contributed by atoms with Gasteiger partial charge in [-0.2, -0.15) is 0 Å². The van der Waals surface area contributed by atoms with Crippen LogP contribution in [-0.2, 0) is 0 Å². The zero-order chi connectivity index (χ0) is 9.73. The largest absolute Gasteiger partial charge is 0.409 e. The fraction of sp³-hybridized carbons (Fsp3) is 0.889. The van der Waals surface area contributed by atoms with Crippen LogP contribution in [0.25, 0.3) is 0 Å². The van der Waals surface area contributed by atoms with Crippen molar-refractivity contribution in [3.05, 3.63) is 0 Å². The van der Waals surface area contributed by atoms with Crippen molar-refractivity contribution >= 4 is 5.84 Å². The first-order valence-electron chi connectivity index (χ1n) is 4.89. The van der Waals surface area contributed by atoms with Crippen LogP contribution >= 0.6 is 0 Å². The van der Waals surface area contributed by atoms with E-state index in [4.69, 9.17) is 10.9 Å². The van der Waals surface area contributed by atoms with Gasteiger partial charge in [-0.1, -0.05) is 12.1 Å². The third-order valence-corrected chi connectivity index (χ3v) is 2.89. The van der Waals surface area contributed by atoms with Crippen LogP contribution < -0.4 is 11.1 Å². The van der Waals surface area contributed by atoms with Crippen molar-refractivity contribution in [2.75, 3.05) is 13.1 Å². The Bertz CT molecular complexity index is 187. The molecule has 0 aliphatic heterocycles. The summed E-state index contributed by atoms with van der Waals surface area (Å²) >= 11 is 0. The van der Waals surface area contributed by atoms with Gasteiger partial charge in [-0.05, 0) is 24.7 Å². The second-order valence-electron chi connectivity index (χ2n) is 3.87. The van der Waals surface area contributed by atoms with Crippen LogP contribution in [-0.4, -0.2) is 24.1 Å². The predicted molar refractivity (Wildman–Crippen MR) is 52.9 cm³/mol. The Morgan fingerprint density at radius 3 is 2.77 bits per heavy atom. The lowest BCUT2D eigenvalue weighted by atomic mass is 10.0. The van der Waals surface area contributed by atoms with Crippen LogP contribution in [0, 0.1) is 5.41 Å². The Hall–Kier alpha value is -0.770. The average Bonchev–Trinajstić information content (AvgIpc) is 2.93. The fourth-order valence-electron chi connectivity index (χ4n) is 1.45. The van der Waals surface area contributed by atoms with E-state index in [-0.39, 0.29) is 0 Å². The number of amidine groups is 1. The van der Waals surface area contributed by atoms with E-state index in [9.17, 15) is 0 Å². The molecule has 4 nitrogen and oxygen atoms in total. The molecule has 4 heteroatoms. The molecule has 0 unspecified atom stereocenters. The molecule has 0 amide bonds. The van der Waals surface area contributed by atoms with Crippen LogP contribution in [0.3, 0.4) is 0 Å². The van der Waals surface area contributed by atoms with Gasteiger partial charge in [-0.25, -0.2) is 0 Å². The van der Waals surface area contributed by atoms with Crippen molar-refractivity contribution in [2.45, 2.75) is 32.6 Å². The maximum atomic E-state index is 8.29. The third kappa shape index (κ3) is 3.22. The topological polar surface area (TPSA) is 70.6 Å². The van der Waals surface area contributed by atoms with Gasteiger partial charge in [-0.3, -0.25) is 0 Å². The highest BCUT2D eigenvalue weighted by molar-refractivity contribution is 5.79. The highest BCUT2D eigenvalue weighted by atomic mass is 16.4. The summed E-state index contributed by atoms with van der Waals surface area (Å²) in [6, 6.07) is 0. The lowest BCUT2D eigenvalue weighted by Crippen LogP contribution is -2.27. The summed E-state index contributed by atoms with van der Waals surface area (Å²) in [6.45, 7) is 4.11. The molecular weight excluding hydrogens is 166 g/mol. The number of oxime groups is 1. The van der Waals surface area contributed by atoms with Gasteiger partial charge in [-0.15, -0.1) is 0 Å². The number of nitrogens with two attached hydrogens (primary N) is 1. The number of nitrogens with one attached hydrogen (secondary N) is 1. The lowest BCUT2D eigenvalue weighted by molar-refractivity contribution is 0.316. The molecule has 4 N–H and O–H groups in total. The third-order valence-electron chi connectivity index (χ3n) is 2.89. The van der Waals surface area contributed by atoms with Crippen molar-refractivity contribution in [1.82, 2.24) is 5.32 Å². The lowest BCUT2D eigenvalue weighted by Gasteiger charge is -2.12. The molecule has 13 heavy (non-hydrogen) atoms. The SMILES string of the molecule is CCC1(CNCCC(N)=NO)CC1. The molecule has 0 aromatic heterocycles. The van der Waals surface area contributed by atoms with Gasteiger partial charge >= 0.3 is 0 Å². The van der Waals surface area contributed by atoms with E-state index in [1.807, 2.05) is 0 Å². The summed E-state index contributed by atoms with van der Waals surface area (Å²) < 4.78 is 0. The van der Waals surface area contributed by atoms with Gasteiger partial charge in [0, 0.05) is 19.5 Å². The van der Waals surface area contributed by atoms with Gasteiger partial charge in [0.1, 0.15) is 5.84 Å². The monoisotopic (exact) mass is 185 g/mol. The molecule has 0 atom stereocenters. The first kappa shape index (κ1) is 10.3. The van der Waals surface area contributed by atoms with Crippen LogP contribution in [0.5, 0.6) is 0 Å². The Morgan fingerprint density at radius 1 is 1.62 bits per heavy atom. The molecule has 0 heterocycles. The van der Waals surface area contributed by atoms with Crippen LogP contribution in [0.2, 0.25) is 0 Å². The molecule has 1 rings (SSSR count). The van der Waals surface area contributed by atoms with E-state index in [0.29, 0.717) is 17.7 Å². The van der Waals surface area contributed by atoms with E-state index in [1.54, 1.807) is 0 Å². The summed E-state index contributed by atoms with van der Waals surface area (Å²) in [5.41, 5.74) is 5.91. The molecule has 1 fully saturated rings. The van der Waals surface area contributed by atoms with Crippen molar-refractivity contribution in [3.63, 3.8) is 0 Å². The number of rotatable bonds is 6. The van der Waals surface area contributed by atoms with Gasteiger partial charge in [0.2, 0.25) is 0 Å². The maximum absolute atomic E-state index is 8.29. The molecular formula is C9H19N3O. The minimum atomic E-state index is 0.300. The minimum absolute atomic E-state index is 0.300. The predicted octanol–water partition coefficient (Wildman–Crippen LogP) is 0.903. The molecule has 76 valence electrons. The Morgan fingerprint density at radius 2 is 2.31 bits per heavy atom. The first-order valence-corrected chi connectivity index (χ1v) is 4.89. The van der Waals surface area contributed by atoms with Gasteiger partial charge in [0.25, 0.3) is 0 Å². The Labute approximate surface area is 79.2 Å². The van der Waals surface area contributed by atoms with Crippen molar-refractivity contribution in [2.24, 2.45) is 16.3 Å². The standard InChI is InChI=1S/C9H19N3O/c1-2-9(4-5-9)7-11-6-3-8(10)12-13/h11,13H,2-7H2,1H3,(H2,10,12). The van der Waals surface area contributed by atoms with Gasteiger partial charge in [0.15, 0.2) is 0 Å². The summed E-state index contributed by atoms with van der Waals surface area (Å²) in [7, 11) is 0. The van der Waals surface area contributed by atoms with E-state index in [1.165, 1.54) is 19.3 Å². The minimum Gasteiger partial charge on any atom is -0.409 e. The molecule has 0 aromatic carbocycles. The highest BCUT2D eigenvalue weighted by Gasteiger charge is 2.39. The molecule has 0 spiro atoms. The van der Waals surface area contributed by atoms with E-state index in [0.717, 1.165) is 13.1 Å². The van der Waals surface area contributed by atoms with Gasteiger partial charge < -0.3 is 16.3 Å². The van der Waals surface area contributed by atoms with Crippen molar-refractivity contribution in [3.8, 4) is 0 Å².